The Bertz CT molecular complexity index is 2380. The molecule has 1 fully saturated rings. The average molecular weight is 773 g/mol. The number of aromatic nitrogens is 3. The fourth-order valence-corrected chi connectivity index (χ4v) is 6.87. The zero-order valence-corrected chi connectivity index (χ0v) is 31.0. The van der Waals surface area contributed by atoms with Gasteiger partial charge in [-0.3, -0.25) is 49.3 Å². The van der Waals surface area contributed by atoms with Crippen molar-refractivity contribution in [2.45, 2.75) is 50.8 Å². The van der Waals surface area contributed by atoms with Crippen LogP contribution >= 0.6 is 0 Å². The van der Waals surface area contributed by atoms with E-state index < -0.39 is 48.4 Å². The third-order valence-electron chi connectivity index (χ3n) is 9.83. The fraction of sp³-hybridized carbons (Fsp3) is 0.268. The normalized spacial score (nSPS) is 15.7. The van der Waals surface area contributed by atoms with E-state index >= 15 is 0 Å². The zero-order valence-electron chi connectivity index (χ0n) is 31.0. The molecular weight excluding hydrogens is 732 g/mol. The lowest BCUT2D eigenvalue weighted by Crippen LogP contribution is -2.54. The van der Waals surface area contributed by atoms with Gasteiger partial charge in [0.05, 0.1) is 28.0 Å². The van der Waals surface area contributed by atoms with Crippen molar-refractivity contribution in [1.82, 2.24) is 35.6 Å². The number of aliphatic hydroxyl groups excluding tert-OH is 1. The molecule has 0 radical (unpaired) electrons. The monoisotopic (exact) mass is 772 g/mol. The van der Waals surface area contributed by atoms with Gasteiger partial charge < -0.3 is 20.5 Å². The molecule has 57 heavy (non-hydrogen) atoms. The summed E-state index contributed by atoms with van der Waals surface area (Å²) < 4.78 is 6.96. The molecule has 5 amide bonds. The van der Waals surface area contributed by atoms with Crippen LogP contribution in [0.15, 0.2) is 85.2 Å². The van der Waals surface area contributed by atoms with Gasteiger partial charge >= 0.3 is 0 Å². The molecule has 0 saturated carbocycles. The van der Waals surface area contributed by atoms with Crippen molar-refractivity contribution in [1.29, 1.82) is 0 Å². The first-order valence-corrected chi connectivity index (χ1v) is 18.6. The Hall–Kier alpha value is -6.78. The number of anilines is 2. The number of unbranched alkanes of at least 4 members (excludes halogenated alkanes) is 2. The second kappa shape index (κ2) is 16.9. The molecule has 0 bridgehead atoms. The standard InChI is InChI=1S/C41H40N8O8/c1-42-38(53)28-22-44-30-15-14-24(21-27(30)37(28)45-25-9-4-2-5-10-25)29-18-20-48(47-29)35(52)13-6-3-7-19-43-34(51)23-57-32-12-8-11-26-36(32)41(56)49(40(26)55)31-16-17-33(50)46-39(31)54/h2,4-5,8-12,14-15,18,20-22,31,38,42,53H,3,6-7,13,16-17,19,23H2,1H3,(H,43,51)(H,44,45)(H,46,50,54). The highest BCUT2D eigenvalue weighted by molar-refractivity contribution is 6.24. The number of carbonyl (C=O) groups is 6. The van der Waals surface area contributed by atoms with E-state index in [1.165, 1.54) is 22.9 Å². The summed E-state index contributed by atoms with van der Waals surface area (Å²) in [4.78, 5) is 81.2. The van der Waals surface area contributed by atoms with E-state index in [0.29, 0.717) is 42.8 Å². The molecule has 2 unspecified atom stereocenters. The van der Waals surface area contributed by atoms with Crippen LogP contribution in [0.3, 0.4) is 0 Å². The summed E-state index contributed by atoms with van der Waals surface area (Å²) in [5.74, 6) is -3.14. The van der Waals surface area contributed by atoms with Gasteiger partial charge in [0.1, 0.15) is 18.0 Å². The van der Waals surface area contributed by atoms with Gasteiger partial charge in [0.2, 0.25) is 17.7 Å². The summed E-state index contributed by atoms with van der Waals surface area (Å²) in [5.41, 5.74) is 4.23. The molecule has 16 heteroatoms. The summed E-state index contributed by atoms with van der Waals surface area (Å²) in [6, 6.07) is 20.4. The van der Waals surface area contributed by atoms with Crippen LogP contribution in [-0.4, -0.2) is 86.5 Å². The average Bonchev–Trinajstić information content (AvgIpc) is 3.81. The van der Waals surface area contributed by atoms with Crippen LogP contribution in [-0.2, 0) is 14.4 Å². The maximum atomic E-state index is 13.2. The highest BCUT2D eigenvalue weighted by atomic mass is 16.5. The lowest BCUT2D eigenvalue weighted by atomic mass is 10.0. The van der Waals surface area contributed by atoms with E-state index in [-0.39, 0.29) is 42.0 Å². The van der Waals surface area contributed by atoms with E-state index in [2.05, 4.69) is 31.3 Å². The molecule has 292 valence electrons. The molecule has 0 aliphatic carbocycles. The molecule has 3 aromatic carbocycles. The van der Waals surface area contributed by atoms with Crippen LogP contribution < -0.4 is 26.0 Å². The van der Waals surface area contributed by atoms with Crippen LogP contribution in [0.4, 0.5) is 11.4 Å². The predicted molar refractivity (Wildman–Crippen MR) is 207 cm³/mol. The van der Waals surface area contributed by atoms with Gasteiger partial charge in [0.15, 0.2) is 6.61 Å². The van der Waals surface area contributed by atoms with E-state index in [9.17, 15) is 33.9 Å². The maximum absolute atomic E-state index is 13.2. The number of hydrogen-bond acceptors (Lipinski definition) is 12. The smallest absolute Gasteiger partial charge is 0.266 e. The number of para-hydroxylation sites is 1. The first kappa shape index (κ1) is 38.5. The molecule has 5 aromatic rings. The number of nitrogens with zero attached hydrogens (tertiary/aromatic N) is 4. The minimum Gasteiger partial charge on any atom is -0.483 e. The Kier molecular flexibility index (Phi) is 11.4. The summed E-state index contributed by atoms with van der Waals surface area (Å²) in [6.07, 6.45) is 4.43. The summed E-state index contributed by atoms with van der Waals surface area (Å²) in [7, 11) is 1.66. The molecule has 1 saturated heterocycles. The van der Waals surface area contributed by atoms with E-state index in [4.69, 9.17) is 4.74 Å². The van der Waals surface area contributed by atoms with E-state index in [1.54, 1.807) is 25.5 Å². The van der Waals surface area contributed by atoms with Crippen LogP contribution in [0.2, 0.25) is 0 Å². The van der Waals surface area contributed by atoms with Gasteiger partial charge in [0.25, 0.3) is 17.7 Å². The molecule has 4 heterocycles. The Labute approximate surface area is 326 Å². The molecule has 2 atom stereocenters. The Morgan fingerprint density at radius 2 is 1.81 bits per heavy atom. The Balaban J connectivity index is 0.885. The van der Waals surface area contributed by atoms with Crippen molar-refractivity contribution in [2.24, 2.45) is 0 Å². The maximum Gasteiger partial charge on any atom is 0.266 e. The number of ether oxygens (including phenoxy) is 1. The van der Waals surface area contributed by atoms with Crippen molar-refractivity contribution < 1.29 is 38.6 Å². The fourth-order valence-electron chi connectivity index (χ4n) is 6.87. The Morgan fingerprint density at radius 1 is 0.982 bits per heavy atom. The molecular formula is C41H40N8O8. The van der Waals surface area contributed by atoms with E-state index in [1.807, 2.05) is 48.5 Å². The summed E-state index contributed by atoms with van der Waals surface area (Å²) in [5, 5.41) is 27.2. The zero-order chi connectivity index (χ0) is 40.1. The number of piperidine rings is 1. The van der Waals surface area contributed by atoms with E-state index in [0.717, 1.165) is 27.1 Å². The second-order valence-electron chi connectivity index (χ2n) is 13.6. The van der Waals surface area contributed by atoms with Crippen LogP contribution in [0.25, 0.3) is 22.2 Å². The van der Waals surface area contributed by atoms with Gasteiger partial charge in [-0.15, -0.1) is 0 Å². The van der Waals surface area contributed by atoms with Crippen molar-refractivity contribution in [2.75, 3.05) is 25.5 Å². The summed E-state index contributed by atoms with van der Waals surface area (Å²) >= 11 is 0. The second-order valence-corrected chi connectivity index (χ2v) is 13.6. The highest BCUT2D eigenvalue weighted by Crippen LogP contribution is 2.35. The minimum absolute atomic E-state index is 0.00193. The SMILES string of the molecule is CNC(O)c1cnc2ccc(-c3ccn(C(=O)CCCCCNC(=O)COc4cccc5c4C(=O)N(C4CCC(=O)NC4=O)C5=O)n3)cc2c1Nc1ccccc1. The molecule has 7 rings (SSSR count). The number of carbonyl (C=O) groups excluding carboxylic acids is 6. The van der Waals surface area contributed by atoms with Crippen molar-refractivity contribution in [3.63, 3.8) is 0 Å². The van der Waals surface area contributed by atoms with Gasteiger partial charge in [-0.05, 0) is 68.8 Å². The number of imide groups is 2. The lowest BCUT2D eigenvalue weighted by molar-refractivity contribution is -0.136. The van der Waals surface area contributed by atoms with Crippen LogP contribution in [0.5, 0.6) is 5.75 Å². The molecule has 0 spiro atoms. The van der Waals surface area contributed by atoms with Gasteiger partial charge in [-0.2, -0.15) is 5.10 Å². The molecule has 2 aliphatic rings. The minimum atomic E-state index is -1.11. The van der Waals surface area contributed by atoms with Crippen molar-refractivity contribution in [3.8, 4) is 17.0 Å². The van der Waals surface area contributed by atoms with Gasteiger partial charge in [0, 0.05) is 54.0 Å². The first-order chi connectivity index (χ1) is 27.6. The van der Waals surface area contributed by atoms with Crippen LogP contribution in [0.1, 0.15) is 75.8 Å². The number of rotatable bonds is 15. The number of aliphatic hydroxyl groups is 1. The third kappa shape index (κ3) is 8.27. The largest absolute Gasteiger partial charge is 0.483 e. The van der Waals surface area contributed by atoms with Crippen molar-refractivity contribution in [3.05, 3.63) is 102 Å². The molecule has 5 N–H and O–H groups in total. The predicted octanol–water partition coefficient (Wildman–Crippen LogP) is 3.85. The first-order valence-electron chi connectivity index (χ1n) is 18.6. The van der Waals surface area contributed by atoms with Crippen molar-refractivity contribution >= 4 is 57.7 Å². The number of nitrogens with one attached hydrogen (secondary N) is 4. The highest BCUT2D eigenvalue weighted by Gasteiger charge is 2.46. The number of fused-ring (bicyclic) bond motifs is 2. The molecule has 16 nitrogen and oxygen atoms in total. The molecule has 2 aliphatic heterocycles. The number of pyridine rings is 1. The third-order valence-corrected chi connectivity index (χ3v) is 9.83. The summed E-state index contributed by atoms with van der Waals surface area (Å²) in [6.45, 7) is -0.0744. The van der Waals surface area contributed by atoms with Gasteiger partial charge in [-0.1, -0.05) is 36.8 Å². The molecule has 2 aromatic heterocycles. The lowest BCUT2D eigenvalue weighted by Gasteiger charge is -2.27. The number of amides is 5. The topological polar surface area (TPSA) is 214 Å². The number of benzene rings is 3. The number of hydrogen-bond donors (Lipinski definition) is 5. The van der Waals surface area contributed by atoms with Crippen LogP contribution in [0, 0.1) is 0 Å². The Morgan fingerprint density at radius 3 is 2.60 bits per heavy atom. The quantitative estimate of drug-likeness (QED) is 0.0583. The van der Waals surface area contributed by atoms with Gasteiger partial charge in [-0.25, -0.2) is 4.68 Å².